The number of hydrogen-bond donors (Lipinski definition) is 1. The molecule has 0 aliphatic rings. The molecule has 2 aromatic rings. The summed E-state index contributed by atoms with van der Waals surface area (Å²) < 4.78 is 26.5. The highest BCUT2D eigenvalue weighted by atomic mass is 32.2. The molecule has 7 nitrogen and oxygen atoms in total. The second-order valence-corrected chi connectivity index (χ2v) is 11.3. The quantitative estimate of drug-likeness (QED) is 0.555. The lowest BCUT2D eigenvalue weighted by Gasteiger charge is -2.32. The van der Waals surface area contributed by atoms with E-state index in [2.05, 4.69) is 5.32 Å². The van der Waals surface area contributed by atoms with Gasteiger partial charge in [-0.15, -0.1) is 0 Å². The molecular formula is C26H37N3O4S. The molecule has 0 saturated heterocycles. The van der Waals surface area contributed by atoms with Gasteiger partial charge in [-0.2, -0.15) is 0 Å². The minimum Gasteiger partial charge on any atom is -0.354 e. The number of sulfonamides is 1. The van der Waals surface area contributed by atoms with Crippen molar-refractivity contribution in [3.8, 4) is 0 Å². The van der Waals surface area contributed by atoms with Crippen LogP contribution in [-0.2, 0) is 26.2 Å². The monoisotopic (exact) mass is 487 g/mol. The first-order valence-electron chi connectivity index (χ1n) is 11.5. The molecule has 2 amide bonds. The van der Waals surface area contributed by atoms with E-state index in [0.717, 1.165) is 32.8 Å². The Kier molecular flexibility index (Phi) is 9.27. The summed E-state index contributed by atoms with van der Waals surface area (Å²) in [5.74, 6) is -0.450. The standard InChI is InChI=1S/C26H37N3O4S/c1-18(2)15-27-26(31)22(6)28(16-23-10-8-9-19(3)14-23)25(30)17-29(34(7,32)33)24-12-11-20(4)13-21(24)5/h8-14,18,22H,15-17H2,1-7H3,(H,27,31)/t22-/m1/s1. The molecule has 2 rings (SSSR count). The summed E-state index contributed by atoms with van der Waals surface area (Å²) in [6.07, 6.45) is 1.09. The van der Waals surface area contributed by atoms with Gasteiger partial charge in [0.1, 0.15) is 12.6 Å². The van der Waals surface area contributed by atoms with Crippen molar-refractivity contribution in [2.45, 2.75) is 54.1 Å². The first kappa shape index (κ1) is 27.4. The van der Waals surface area contributed by atoms with Gasteiger partial charge in [0.25, 0.3) is 0 Å². The number of anilines is 1. The van der Waals surface area contributed by atoms with Gasteiger partial charge in [0, 0.05) is 13.1 Å². The van der Waals surface area contributed by atoms with Crippen LogP contribution in [-0.4, -0.2) is 50.5 Å². The van der Waals surface area contributed by atoms with E-state index in [-0.39, 0.29) is 18.4 Å². The summed E-state index contributed by atoms with van der Waals surface area (Å²) in [5, 5.41) is 2.88. The van der Waals surface area contributed by atoms with E-state index in [1.807, 2.05) is 71.0 Å². The molecule has 186 valence electrons. The van der Waals surface area contributed by atoms with Gasteiger partial charge in [0.2, 0.25) is 21.8 Å². The van der Waals surface area contributed by atoms with Gasteiger partial charge >= 0.3 is 0 Å². The zero-order valence-corrected chi connectivity index (χ0v) is 22.1. The number of carbonyl (C=O) groups is 2. The first-order chi connectivity index (χ1) is 15.8. The van der Waals surface area contributed by atoms with Crippen LogP contribution in [0, 0.1) is 26.7 Å². The maximum Gasteiger partial charge on any atom is 0.244 e. The predicted molar refractivity (Wildman–Crippen MR) is 137 cm³/mol. The topological polar surface area (TPSA) is 86.8 Å². The molecule has 0 aliphatic carbocycles. The third-order valence-electron chi connectivity index (χ3n) is 5.59. The zero-order valence-electron chi connectivity index (χ0n) is 21.3. The van der Waals surface area contributed by atoms with Crippen LogP contribution in [0.1, 0.15) is 43.0 Å². The number of carbonyl (C=O) groups excluding carboxylic acids is 2. The normalized spacial score (nSPS) is 12.4. The lowest BCUT2D eigenvalue weighted by molar-refractivity contribution is -0.139. The molecule has 8 heteroatoms. The predicted octanol–water partition coefficient (Wildman–Crippen LogP) is 3.57. The molecule has 1 N–H and O–H groups in total. The highest BCUT2D eigenvalue weighted by Gasteiger charge is 2.30. The SMILES string of the molecule is Cc1cccc(CN(C(=O)CN(c2ccc(C)cc2C)S(C)(=O)=O)[C@H](C)C(=O)NCC(C)C)c1. The van der Waals surface area contributed by atoms with Crippen LogP contribution in [0.25, 0.3) is 0 Å². The van der Waals surface area contributed by atoms with Crippen molar-refractivity contribution in [3.63, 3.8) is 0 Å². The second-order valence-electron chi connectivity index (χ2n) is 9.39. The van der Waals surface area contributed by atoms with Crippen molar-refractivity contribution in [1.82, 2.24) is 10.2 Å². The van der Waals surface area contributed by atoms with E-state index in [9.17, 15) is 18.0 Å². The lowest BCUT2D eigenvalue weighted by Crippen LogP contribution is -2.51. The Balaban J connectivity index is 2.40. The molecule has 0 radical (unpaired) electrons. The van der Waals surface area contributed by atoms with E-state index in [1.165, 1.54) is 4.90 Å². The van der Waals surface area contributed by atoms with Gasteiger partial charge in [-0.3, -0.25) is 13.9 Å². The van der Waals surface area contributed by atoms with E-state index in [1.54, 1.807) is 13.0 Å². The number of nitrogens with zero attached hydrogens (tertiary/aromatic N) is 2. The van der Waals surface area contributed by atoms with E-state index < -0.39 is 28.5 Å². The fourth-order valence-electron chi connectivity index (χ4n) is 3.72. The highest BCUT2D eigenvalue weighted by molar-refractivity contribution is 7.92. The number of rotatable bonds is 10. The minimum absolute atomic E-state index is 0.196. The molecule has 0 aliphatic heterocycles. The maximum atomic E-state index is 13.6. The Morgan fingerprint density at radius 2 is 1.62 bits per heavy atom. The van der Waals surface area contributed by atoms with E-state index in [4.69, 9.17) is 0 Å². The molecule has 0 fully saturated rings. The van der Waals surface area contributed by atoms with E-state index in [0.29, 0.717) is 12.2 Å². The van der Waals surface area contributed by atoms with Crippen molar-refractivity contribution in [1.29, 1.82) is 0 Å². The lowest BCUT2D eigenvalue weighted by atomic mass is 10.1. The number of nitrogens with one attached hydrogen (secondary N) is 1. The highest BCUT2D eigenvalue weighted by Crippen LogP contribution is 2.24. The first-order valence-corrected chi connectivity index (χ1v) is 13.3. The molecule has 0 bridgehead atoms. The average Bonchev–Trinajstić information content (AvgIpc) is 2.73. The third-order valence-corrected chi connectivity index (χ3v) is 6.71. The molecule has 0 heterocycles. The average molecular weight is 488 g/mol. The molecule has 0 unspecified atom stereocenters. The summed E-state index contributed by atoms with van der Waals surface area (Å²) in [4.78, 5) is 27.9. The largest absolute Gasteiger partial charge is 0.354 e. The number of amides is 2. The van der Waals surface area contributed by atoms with Crippen LogP contribution in [0.5, 0.6) is 0 Å². The smallest absolute Gasteiger partial charge is 0.244 e. The van der Waals surface area contributed by atoms with Gasteiger partial charge in [0.15, 0.2) is 0 Å². The molecule has 1 atom stereocenters. The van der Waals surface area contributed by atoms with Crippen LogP contribution in [0.15, 0.2) is 42.5 Å². The second kappa shape index (κ2) is 11.5. The Morgan fingerprint density at radius 1 is 0.971 bits per heavy atom. The Hall–Kier alpha value is -2.87. The molecule has 0 spiro atoms. The van der Waals surface area contributed by atoms with Crippen LogP contribution in [0.2, 0.25) is 0 Å². The Labute approximate surface area is 204 Å². The molecule has 0 saturated carbocycles. The van der Waals surface area contributed by atoms with Gasteiger partial charge in [0.05, 0.1) is 11.9 Å². The molecular weight excluding hydrogens is 450 g/mol. The summed E-state index contributed by atoms with van der Waals surface area (Å²) in [6.45, 7) is 11.7. The third kappa shape index (κ3) is 7.58. The number of hydrogen-bond acceptors (Lipinski definition) is 4. The van der Waals surface area contributed by atoms with Crippen molar-refractivity contribution < 1.29 is 18.0 Å². The Morgan fingerprint density at radius 3 is 2.18 bits per heavy atom. The minimum atomic E-state index is -3.74. The number of benzene rings is 2. The molecule has 0 aromatic heterocycles. The maximum absolute atomic E-state index is 13.6. The van der Waals surface area contributed by atoms with Crippen LogP contribution < -0.4 is 9.62 Å². The summed E-state index contributed by atoms with van der Waals surface area (Å²) in [5.41, 5.74) is 4.11. The Bertz CT molecular complexity index is 1130. The van der Waals surface area contributed by atoms with Gasteiger partial charge in [-0.05, 0) is 50.8 Å². The van der Waals surface area contributed by atoms with Crippen LogP contribution >= 0.6 is 0 Å². The van der Waals surface area contributed by atoms with Crippen LogP contribution in [0.4, 0.5) is 5.69 Å². The van der Waals surface area contributed by atoms with Gasteiger partial charge < -0.3 is 10.2 Å². The number of aryl methyl sites for hydroxylation is 3. The molecule has 34 heavy (non-hydrogen) atoms. The summed E-state index contributed by atoms with van der Waals surface area (Å²) >= 11 is 0. The van der Waals surface area contributed by atoms with Crippen molar-refractivity contribution in [2.75, 3.05) is 23.7 Å². The zero-order chi connectivity index (χ0) is 25.6. The fourth-order valence-corrected chi connectivity index (χ4v) is 4.63. The van der Waals surface area contributed by atoms with Gasteiger partial charge in [-0.1, -0.05) is 61.4 Å². The van der Waals surface area contributed by atoms with Crippen molar-refractivity contribution >= 4 is 27.5 Å². The summed E-state index contributed by atoms with van der Waals surface area (Å²) in [6, 6.07) is 12.3. The van der Waals surface area contributed by atoms with Crippen molar-refractivity contribution in [2.24, 2.45) is 5.92 Å². The fraction of sp³-hybridized carbons (Fsp3) is 0.462. The van der Waals surface area contributed by atoms with Gasteiger partial charge in [-0.25, -0.2) is 8.42 Å². The van der Waals surface area contributed by atoms with Crippen molar-refractivity contribution in [3.05, 3.63) is 64.7 Å². The molecule has 2 aromatic carbocycles. The van der Waals surface area contributed by atoms with E-state index >= 15 is 0 Å². The van der Waals surface area contributed by atoms with Crippen LogP contribution in [0.3, 0.4) is 0 Å². The summed E-state index contributed by atoms with van der Waals surface area (Å²) in [7, 11) is -3.74.